The van der Waals surface area contributed by atoms with Crippen LogP contribution in [-0.4, -0.2) is 56.5 Å². The van der Waals surface area contributed by atoms with E-state index < -0.39 is 14.6 Å². The van der Waals surface area contributed by atoms with Crippen LogP contribution in [0.5, 0.6) is 0 Å². The summed E-state index contributed by atoms with van der Waals surface area (Å²) in [6.07, 6.45) is 6.38. The Bertz CT molecular complexity index is 448. The molecule has 2 saturated heterocycles. The first kappa shape index (κ1) is 14.8. The third-order valence-corrected chi connectivity index (χ3v) is 8.25. The van der Waals surface area contributed by atoms with E-state index in [2.05, 4.69) is 17.1 Å². The maximum atomic E-state index is 12.6. The number of nitrogens with zero attached hydrogens (tertiary/aromatic N) is 1. The molecule has 3 aliphatic rings. The predicted octanol–water partition coefficient (Wildman–Crippen LogP) is 1.42. The van der Waals surface area contributed by atoms with Gasteiger partial charge in [0.25, 0.3) is 0 Å². The second kappa shape index (κ2) is 5.25. The lowest BCUT2D eigenvalue weighted by Gasteiger charge is -2.46. The Balaban J connectivity index is 1.73. The van der Waals surface area contributed by atoms with E-state index in [0.717, 1.165) is 58.4 Å². The number of hydrogen-bond acceptors (Lipinski definition) is 4. The fraction of sp³-hybridized carbons (Fsp3) is 1.00. The standard InChI is InChI=1S/C15H28N2O2S/c1-14(7-8-16-11-14)12-17-9-10-20(18,19)15(13-17)5-3-2-4-6-15/h16H,2-13H2,1H3. The molecule has 0 bridgehead atoms. The van der Waals surface area contributed by atoms with Crippen LogP contribution >= 0.6 is 0 Å². The van der Waals surface area contributed by atoms with Crippen LogP contribution < -0.4 is 5.32 Å². The average Bonchev–Trinajstić information content (AvgIpc) is 2.82. The molecule has 1 N–H and O–H groups in total. The van der Waals surface area contributed by atoms with Crippen LogP contribution in [0.1, 0.15) is 45.4 Å². The number of sulfone groups is 1. The van der Waals surface area contributed by atoms with Crippen molar-refractivity contribution in [3.63, 3.8) is 0 Å². The van der Waals surface area contributed by atoms with E-state index in [0.29, 0.717) is 11.2 Å². The van der Waals surface area contributed by atoms with Gasteiger partial charge in [-0.2, -0.15) is 0 Å². The fourth-order valence-electron chi connectivity index (χ4n) is 4.39. The van der Waals surface area contributed by atoms with Crippen molar-refractivity contribution in [3.8, 4) is 0 Å². The van der Waals surface area contributed by atoms with Gasteiger partial charge < -0.3 is 10.2 Å². The smallest absolute Gasteiger partial charge is 0.158 e. The number of rotatable bonds is 2. The zero-order chi connectivity index (χ0) is 14.3. The zero-order valence-electron chi connectivity index (χ0n) is 12.7. The highest BCUT2D eigenvalue weighted by Gasteiger charge is 2.48. The van der Waals surface area contributed by atoms with Crippen LogP contribution in [0.2, 0.25) is 0 Å². The Morgan fingerprint density at radius 3 is 2.55 bits per heavy atom. The Kier molecular flexibility index (Phi) is 3.89. The molecule has 0 amide bonds. The summed E-state index contributed by atoms with van der Waals surface area (Å²) >= 11 is 0. The van der Waals surface area contributed by atoms with Crippen LogP contribution in [0.15, 0.2) is 0 Å². The lowest BCUT2D eigenvalue weighted by Crippen LogP contribution is -2.58. The molecule has 0 aromatic heterocycles. The molecule has 0 aromatic rings. The zero-order valence-corrected chi connectivity index (χ0v) is 13.5. The molecule has 0 radical (unpaired) electrons. The third-order valence-electron chi connectivity index (χ3n) is 5.67. The lowest BCUT2D eigenvalue weighted by molar-refractivity contribution is 0.146. The minimum atomic E-state index is -2.89. The molecule has 1 aliphatic carbocycles. The van der Waals surface area contributed by atoms with Gasteiger partial charge in [-0.1, -0.05) is 26.2 Å². The van der Waals surface area contributed by atoms with Crippen molar-refractivity contribution < 1.29 is 8.42 Å². The SMILES string of the molecule is CC1(CN2CCS(=O)(=O)C3(CCCCC3)C2)CCNC1. The Morgan fingerprint density at radius 2 is 1.90 bits per heavy atom. The highest BCUT2D eigenvalue weighted by atomic mass is 32.2. The molecule has 1 saturated carbocycles. The Morgan fingerprint density at radius 1 is 1.15 bits per heavy atom. The summed E-state index contributed by atoms with van der Waals surface area (Å²) in [6, 6.07) is 0. The normalized spacial score (nSPS) is 37.2. The molecule has 3 fully saturated rings. The maximum Gasteiger partial charge on any atom is 0.158 e. The minimum absolute atomic E-state index is 0.330. The largest absolute Gasteiger partial charge is 0.316 e. The summed E-state index contributed by atoms with van der Waals surface area (Å²) in [5.74, 6) is 0.372. The number of hydrogen-bond donors (Lipinski definition) is 1. The van der Waals surface area contributed by atoms with Crippen LogP contribution in [0.4, 0.5) is 0 Å². The van der Waals surface area contributed by atoms with E-state index in [1.807, 2.05) is 0 Å². The molecule has 116 valence electrons. The summed E-state index contributed by atoms with van der Waals surface area (Å²) in [4.78, 5) is 2.44. The Hall–Kier alpha value is -0.130. The predicted molar refractivity (Wildman–Crippen MR) is 81.6 cm³/mol. The van der Waals surface area contributed by atoms with Gasteiger partial charge in [0.05, 0.1) is 10.5 Å². The third kappa shape index (κ3) is 2.64. The molecular formula is C15H28N2O2S. The molecule has 0 aromatic carbocycles. The summed E-state index contributed by atoms with van der Waals surface area (Å²) in [5.41, 5.74) is 0.330. The van der Waals surface area contributed by atoms with Crippen molar-refractivity contribution in [2.45, 2.75) is 50.2 Å². The van der Waals surface area contributed by atoms with Gasteiger partial charge in [0, 0.05) is 26.2 Å². The molecule has 2 aliphatic heterocycles. The van der Waals surface area contributed by atoms with Gasteiger partial charge >= 0.3 is 0 Å². The van der Waals surface area contributed by atoms with Gasteiger partial charge in [-0.25, -0.2) is 8.42 Å². The molecule has 5 heteroatoms. The average molecular weight is 300 g/mol. The van der Waals surface area contributed by atoms with Crippen LogP contribution in [0.25, 0.3) is 0 Å². The quantitative estimate of drug-likeness (QED) is 0.838. The first-order valence-electron chi connectivity index (χ1n) is 8.10. The first-order valence-corrected chi connectivity index (χ1v) is 9.76. The van der Waals surface area contributed by atoms with E-state index in [9.17, 15) is 8.42 Å². The van der Waals surface area contributed by atoms with Gasteiger partial charge in [-0.15, -0.1) is 0 Å². The molecule has 2 heterocycles. The summed E-state index contributed by atoms with van der Waals surface area (Å²) in [7, 11) is -2.89. The van der Waals surface area contributed by atoms with Gasteiger partial charge in [-0.3, -0.25) is 0 Å². The van der Waals surface area contributed by atoms with Crippen LogP contribution in [0.3, 0.4) is 0 Å². The molecule has 20 heavy (non-hydrogen) atoms. The minimum Gasteiger partial charge on any atom is -0.316 e. The maximum absolute atomic E-state index is 12.6. The molecule has 3 rings (SSSR count). The van der Waals surface area contributed by atoms with Crippen LogP contribution in [0, 0.1) is 5.41 Å². The second-order valence-electron chi connectivity index (χ2n) is 7.51. The van der Waals surface area contributed by atoms with Crippen molar-refractivity contribution in [1.82, 2.24) is 10.2 Å². The first-order chi connectivity index (χ1) is 9.45. The van der Waals surface area contributed by atoms with E-state index in [-0.39, 0.29) is 0 Å². The summed E-state index contributed by atoms with van der Waals surface area (Å²) < 4.78 is 24.8. The van der Waals surface area contributed by atoms with Gasteiger partial charge in [0.1, 0.15) is 0 Å². The van der Waals surface area contributed by atoms with E-state index in [1.165, 1.54) is 12.8 Å². The van der Waals surface area contributed by atoms with Crippen LogP contribution in [-0.2, 0) is 9.84 Å². The lowest BCUT2D eigenvalue weighted by atomic mass is 9.85. The Labute approximate surface area is 123 Å². The summed E-state index contributed by atoms with van der Waals surface area (Å²) in [5, 5.41) is 3.44. The van der Waals surface area contributed by atoms with E-state index in [1.54, 1.807) is 0 Å². The van der Waals surface area contributed by atoms with Crippen molar-refractivity contribution in [3.05, 3.63) is 0 Å². The molecule has 1 spiro atoms. The van der Waals surface area contributed by atoms with Gasteiger partial charge in [-0.05, 0) is 31.2 Å². The molecular weight excluding hydrogens is 272 g/mol. The molecule has 1 unspecified atom stereocenters. The topological polar surface area (TPSA) is 49.4 Å². The monoisotopic (exact) mass is 300 g/mol. The van der Waals surface area contributed by atoms with Crippen molar-refractivity contribution in [1.29, 1.82) is 0 Å². The fourth-order valence-corrected chi connectivity index (χ4v) is 6.62. The molecule has 1 atom stereocenters. The van der Waals surface area contributed by atoms with E-state index in [4.69, 9.17) is 0 Å². The van der Waals surface area contributed by atoms with Gasteiger partial charge in [0.2, 0.25) is 0 Å². The van der Waals surface area contributed by atoms with Crippen molar-refractivity contribution in [2.75, 3.05) is 38.5 Å². The second-order valence-corrected chi connectivity index (χ2v) is 10.0. The van der Waals surface area contributed by atoms with Crippen molar-refractivity contribution in [2.24, 2.45) is 5.41 Å². The molecule has 4 nitrogen and oxygen atoms in total. The van der Waals surface area contributed by atoms with E-state index >= 15 is 0 Å². The van der Waals surface area contributed by atoms with Gasteiger partial charge in [0.15, 0.2) is 9.84 Å². The highest BCUT2D eigenvalue weighted by molar-refractivity contribution is 7.92. The summed E-state index contributed by atoms with van der Waals surface area (Å²) in [6.45, 7) is 7.09. The number of nitrogens with one attached hydrogen (secondary N) is 1. The van der Waals surface area contributed by atoms with Crippen molar-refractivity contribution >= 4 is 9.84 Å². The highest BCUT2D eigenvalue weighted by Crippen LogP contribution is 2.39.